The molecule has 2 aromatic carbocycles. The van der Waals surface area contributed by atoms with E-state index in [4.69, 9.17) is 11.6 Å². The average Bonchev–Trinajstić information content (AvgIpc) is 3.37. The lowest BCUT2D eigenvalue weighted by Crippen LogP contribution is -2.69. The second-order valence-electron chi connectivity index (χ2n) is 12.8. The van der Waals surface area contributed by atoms with E-state index in [1.54, 1.807) is 6.20 Å². The molecule has 1 atom stereocenters. The van der Waals surface area contributed by atoms with Crippen LogP contribution in [0.4, 0.5) is 11.4 Å². The molecule has 8 nitrogen and oxygen atoms in total. The standard InChI is InChI=1S/C32H33ClN8/c1-31(2,3)18-37-28-21(14-34)16-36-29-25(28)9-22(10-26(29)33)38-30(24-6-4-5-20-15-35-8-7-23(20)24)27-17-41(40-39-27)32-11-19(12-32)13-32/h4-10,15-17,19,30,38-40H,11-13,18H2,1-3H3,(H,36,37)/t19?,30-,32?/m0/s1. The lowest BCUT2D eigenvalue weighted by Gasteiger charge is -2.64. The first kappa shape index (κ1) is 25.9. The van der Waals surface area contributed by atoms with Crippen molar-refractivity contribution in [2.75, 3.05) is 17.2 Å². The number of halogens is 1. The largest absolute Gasteiger partial charge is 0.383 e. The van der Waals surface area contributed by atoms with Crippen molar-refractivity contribution < 1.29 is 0 Å². The fraction of sp³-hybridized carbons (Fsp3) is 0.344. The molecular formula is C32H33ClN8. The van der Waals surface area contributed by atoms with Crippen molar-refractivity contribution in [3.63, 3.8) is 0 Å². The number of fused-ring (bicyclic) bond motifs is 2. The average molecular weight is 565 g/mol. The smallest absolute Gasteiger partial charge is 0.103 e. The molecule has 3 saturated carbocycles. The van der Waals surface area contributed by atoms with Crippen LogP contribution in [0, 0.1) is 22.7 Å². The van der Waals surface area contributed by atoms with Crippen LogP contribution >= 0.6 is 11.6 Å². The Balaban J connectivity index is 1.32. The van der Waals surface area contributed by atoms with Gasteiger partial charge in [0.2, 0.25) is 0 Å². The van der Waals surface area contributed by atoms with E-state index >= 15 is 0 Å². The highest BCUT2D eigenvalue weighted by atomic mass is 35.5. The van der Waals surface area contributed by atoms with Crippen LogP contribution in [-0.2, 0) is 0 Å². The molecule has 9 heteroatoms. The van der Waals surface area contributed by atoms with Gasteiger partial charge >= 0.3 is 0 Å². The second kappa shape index (κ2) is 9.51. The molecule has 2 aromatic heterocycles. The van der Waals surface area contributed by atoms with Crippen LogP contribution in [0.5, 0.6) is 0 Å². The number of hydrogen-bond donors (Lipinski definition) is 4. The van der Waals surface area contributed by atoms with Crippen LogP contribution in [-0.4, -0.2) is 27.1 Å². The highest BCUT2D eigenvalue weighted by Crippen LogP contribution is 2.60. The van der Waals surface area contributed by atoms with Crippen LogP contribution in [0.3, 0.4) is 0 Å². The van der Waals surface area contributed by atoms with Crippen LogP contribution in [0.2, 0.25) is 5.02 Å². The fourth-order valence-corrected chi connectivity index (χ4v) is 6.59. The van der Waals surface area contributed by atoms with E-state index in [1.807, 2.05) is 24.5 Å². The summed E-state index contributed by atoms with van der Waals surface area (Å²) in [5.41, 5.74) is 12.0. The van der Waals surface area contributed by atoms with Gasteiger partial charge in [0.25, 0.3) is 0 Å². The molecule has 4 aromatic rings. The first-order valence-corrected chi connectivity index (χ1v) is 14.5. The van der Waals surface area contributed by atoms with Crippen molar-refractivity contribution in [2.45, 2.75) is 51.6 Å². The first-order valence-electron chi connectivity index (χ1n) is 14.1. The summed E-state index contributed by atoms with van der Waals surface area (Å²) in [7, 11) is 0. The van der Waals surface area contributed by atoms with E-state index in [0.717, 1.165) is 44.7 Å². The van der Waals surface area contributed by atoms with Crippen LogP contribution in [0.1, 0.15) is 57.2 Å². The van der Waals surface area contributed by atoms with Crippen molar-refractivity contribution >= 4 is 44.7 Å². The number of hydrazine groups is 2. The van der Waals surface area contributed by atoms with E-state index in [0.29, 0.717) is 22.6 Å². The Morgan fingerprint density at radius 2 is 2.00 bits per heavy atom. The van der Waals surface area contributed by atoms with Gasteiger partial charge in [0.1, 0.15) is 6.07 Å². The van der Waals surface area contributed by atoms with Crippen molar-refractivity contribution in [1.29, 1.82) is 5.26 Å². The van der Waals surface area contributed by atoms with Gasteiger partial charge in [0, 0.05) is 47.8 Å². The predicted molar refractivity (Wildman–Crippen MR) is 164 cm³/mol. The topological polar surface area (TPSA) is 101 Å². The number of nitrogens with one attached hydrogen (secondary N) is 4. The Hall–Kier alpha value is -4.06. The van der Waals surface area contributed by atoms with Gasteiger partial charge in [-0.3, -0.25) is 15.0 Å². The number of pyridine rings is 2. The molecular weight excluding hydrogens is 532 g/mol. The molecule has 0 spiro atoms. The summed E-state index contributed by atoms with van der Waals surface area (Å²) >= 11 is 6.85. The summed E-state index contributed by atoms with van der Waals surface area (Å²) < 4.78 is 0. The predicted octanol–water partition coefficient (Wildman–Crippen LogP) is 6.64. The quantitative estimate of drug-likeness (QED) is 0.198. The normalized spacial score (nSPS) is 21.9. The number of rotatable bonds is 7. The number of nitrogens with zero attached hydrogens (tertiary/aromatic N) is 4. The molecule has 3 fully saturated rings. The second-order valence-corrected chi connectivity index (χ2v) is 13.2. The number of hydrogen-bond acceptors (Lipinski definition) is 8. The van der Waals surface area contributed by atoms with Crippen molar-refractivity contribution in [1.82, 2.24) is 25.9 Å². The van der Waals surface area contributed by atoms with E-state index in [2.05, 4.69) is 93.9 Å². The molecule has 0 amide bonds. The SMILES string of the molecule is CC(C)(C)CNc1c(C#N)cnc2c(Cl)cc(N[C@H](C3=CN(C45CC(C4)C5)NN3)c3cccc4cnccc34)cc12. The van der Waals surface area contributed by atoms with Crippen molar-refractivity contribution in [3.05, 3.63) is 83.0 Å². The lowest BCUT2D eigenvalue weighted by atomic mass is 9.49. The van der Waals surface area contributed by atoms with E-state index in [1.165, 1.54) is 19.3 Å². The number of nitriles is 1. The van der Waals surface area contributed by atoms with Crippen LogP contribution in [0.15, 0.2) is 66.9 Å². The van der Waals surface area contributed by atoms with E-state index in [-0.39, 0.29) is 17.0 Å². The Morgan fingerprint density at radius 1 is 1.17 bits per heavy atom. The van der Waals surface area contributed by atoms with Gasteiger partial charge in [-0.05, 0) is 59.7 Å². The number of anilines is 2. The highest BCUT2D eigenvalue weighted by Gasteiger charge is 2.60. The van der Waals surface area contributed by atoms with Gasteiger partial charge in [0.05, 0.1) is 39.1 Å². The summed E-state index contributed by atoms with van der Waals surface area (Å²) in [5, 5.41) is 23.0. The Bertz CT molecular complexity index is 1730. The van der Waals surface area contributed by atoms with Crippen molar-refractivity contribution in [3.8, 4) is 6.07 Å². The molecule has 0 saturated heterocycles. The number of benzene rings is 2. The summed E-state index contributed by atoms with van der Waals surface area (Å²) in [4.78, 5) is 8.88. The summed E-state index contributed by atoms with van der Waals surface area (Å²) in [5.74, 6) is 0.876. The molecule has 8 rings (SSSR count). The van der Waals surface area contributed by atoms with Gasteiger partial charge < -0.3 is 16.1 Å². The molecule has 208 valence electrons. The maximum Gasteiger partial charge on any atom is 0.103 e. The zero-order valence-corrected chi connectivity index (χ0v) is 24.2. The van der Waals surface area contributed by atoms with Gasteiger partial charge in [-0.2, -0.15) is 5.26 Å². The van der Waals surface area contributed by atoms with Gasteiger partial charge in [0.15, 0.2) is 0 Å². The molecule has 4 N–H and O–H groups in total. The molecule has 2 bridgehead atoms. The minimum Gasteiger partial charge on any atom is -0.383 e. The zero-order chi connectivity index (χ0) is 28.4. The van der Waals surface area contributed by atoms with Crippen LogP contribution in [0.25, 0.3) is 21.7 Å². The van der Waals surface area contributed by atoms with Gasteiger partial charge in [-0.25, -0.2) is 0 Å². The summed E-state index contributed by atoms with van der Waals surface area (Å²) in [6.45, 7) is 7.18. The first-order chi connectivity index (χ1) is 19.7. The lowest BCUT2D eigenvalue weighted by molar-refractivity contribution is -0.141. The minimum atomic E-state index is -0.211. The fourth-order valence-electron chi connectivity index (χ4n) is 6.32. The monoisotopic (exact) mass is 564 g/mol. The zero-order valence-electron chi connectivity index (χ0n) is 23.4. The molecule has 41 heavy (non-hydrogen) atoms. The summed E-state index contributed by atoms with van der Waals surface area (Å²) in [6, 6.07) is 14.4. The third kappa shape index (κ3) is 4.50. The third-order valence-electron chi connectivity index (χ3n) is 8.59. The molecule has 3 heterocycles. The van der Waals surface area contributed by atoms with Gasteiger partial charge in [-0.15, -0.1) is 5.53 Å². The number of aromatic nitrogens is 2. The van der Waals surface area contributed by atoms with Crippen LogP contribution < -0.4 is 21.6 Å². The maximum absolute atomic E-state index is 9.89. The van der Waals surface area contributed by atoms with Crippen molar-refractivity contribution in [2.24, 2.45) is 11.3 Å². The van der Waals surface area contributed by atoms with Gasteiger partial charge in [-0.1, -0.05) is 50.6 Å². The molecule has 3 aliphatic carbocycles. The molecule has 0 radical (unpaired) electrons. The molecule has 0 unspecified atom stereocenters. The Morgan fingerprint density at radius 3 is 2.73 bits per heavy atom. The summed E-state index contributed by atoms with van der Waals surface area (Å²) in [6.07, 6.45) is 11.3. The highest BCUT2D eigenvalue weighted by molar-refractivity contribution is 6.35. The minimum absolute atomic E-state index is 0.0240. The third-order valence-corrected chi connectivity index (χ3v) is 8.88. The molecule has 1 aliphatic heterocycles. The molecule has 4 aliphatic rings. The van der Waals surface area contributed by atoms with E-state index < -0.39 is 0 Å². The van der Waals surface area contributed by atoms with E-state index in [9.17, 15) is 5.26 Å². The Kier molecular flexibility index (Phi) is 6.00. The Labute approximate surface area is 244 Å². The maximum atomic E-state index is 9.89.